The monoisotopic (exact) mass is 306 g/mol. The minimum absolute atomic E-state index is 0.0268. The molecule has 0 aliphatic heterocycles. The molecule has 2 rings (SSSR count). The maximum Gasteiger partial charge on any atom is 0.309 e. The van der Waals surface area contributed by atoms with Gasteiger partial charge in [-0.15, -0.1) is 0 Å². The predicted molar refractivity (Wildman–Crippen MR) is 80.2 cm³/mol. The molecule has 120 valence electrons. The first kappa shape index (κ1) is 16.3. The molecule has 1 aliphatic carbocycles. The second kappa shape index (κ2) is 6.81. The largest absolute Gasteiger partial charge is 0.508 e. The van der Waals surface area contributed by atoms with Gasteiger partial charge in [-0.05, 0) is 42.4 Å². The number of methoxy groups -OCH3 is 1. The topological polar surface area (TPSA) is 72.8 Å². The number of hydrogen-bond acceptors (Lipinski definition) is 5. The van der Waals surface area contributed by atoms with Gasteiger partial charge in [0.15, 0.2) is 0 Å². The zero-order valence-corrected chi connectivity index (χ0v) is 13.2. The van der Waals surface area contributed by atoms with E-state index in [1.165, 1.54) is 14.0 Å². The lowest BCUT2D eigenvalue weighted by Gasteiger charge is -2.23. The first-order valence-corrected chi connectivity index (χ1v) is 7.47. The number of carbonyl (C=O) groups excluding carboxylic acids is 2. The van der Waals surface area contributed by atoms with Gasteiger partial charge >= 0.3 is 11.9 Å². The lowest BCUT2D eigenvalue weighted by atomic mass is 9.82. The van der Waals surface area contributed by atoms with Gasteiger partial charge in [-0.25, -0.2) is 0 Å². The summed E-state index contributed by atoms with van der Waals surface area (Å²) in [4.78, 5) is 22.8. The van der Waals surface area contributed by atoms with E-state index in [0.29, 0.717) is 11.5 Å². The highest BCUT2D eigenvalue weighted by atomic mass is 16.5. The Labute approximate surface area is 130 Å². The van der Waals surface area contributed by atoms with E-state index < -0.39 is 5.97 Å². The molecular weight excluding hydrogens is 284 g/mol. The van der Waals surface area contributed by atoms with Crippen molar-refractivity contribution < 1.29 is 24.2 Å². The molecule has 1 saturated carbocycles. The molecule has 5 heteroatoms. The Morgan fingerprint density at radius 2 is 2.05 bits per heavy atom. The summed E-state index contributed by atoms with van der Waals surface area (Å²) in [7, 11) is 1.39. The molecule has 22 heavy (non-hydrogen) atoms. The number of benzene rings is 1. The number of aromatic hydroxyl groups is 1. The summed E-state index contributed by atoms with van der Waals surface area (Å²) in [5.74, 6) is -0.267. The fraction of sp³-hybridized carbons (Fsp3) is 0.529. The van der Waals surface area contributed by atoms with E-state index in [4.69, 9.17) is 9.47 Å². The molecule has 1 aromatic carbocycles. The van der Waals surface area contributed by atoms with Crippen LogP contribution < -0.4 is 0 Å². The van der Waals surface area contributed by atoms with Crippen LogP contribution in [0.2, 0.25) is 0 Å². The molecule has 0 spiro atoms. The molecule has 1 N–H and O–H groups in total. The van der Waals surface area contributed by atoms with Crippen molar-refractivity contribution in [1.29, 1.82) is 0 Å². The quantitative estimate of drug-likeness (QED) is 0.818. The van der Waals surface area contributed by atoms with Crippen LogP contribution in [0.1, 0.15) is 43.7 Å². The van der Waals surface area contributed by atoms with Gasteiger partial charge in [-0.1, -0.05) is 13.0 Å². The Hall–Kier alpha value is -2.04. The lowest BCUT2D eigenvalue weighted by molar-refractivity contribution is -0.146. The number of hydrogen-bond donors (Lipinski definition) is 1. The van der Waals surface area contributed by atoms with Gasteiger partial charge in [0, 0.05) is 12.5 Å². The van der Waals surface area contributed by atoms with Crippen LogP contribution in [-0.2, 0) is 25.7 Å². The normalized spacial score (nSPS) is 16.7. The Morgan fingerprint density at radius 1 is 1.36 bits per heavy atom. The molecule has 0 unspecified atom stereocenters. The molecule has 1 aromatic rings. The summed E-state index contributed by atoms with van der Waals surface area (Å²) < 4.78 is 9.83. The summed E-state index contributed by atoms with van der Waals surface area (Å²) >= 11 is 0. The number of ether oxygens (including phenoxy) is 2. The van der Waals surface area contributed by atoms with Crippen LogP contribution in [0, 0.1) is 11.8 Å². The molecular formula is C17H22O5. The van der Waals surface area contributed by atoms with Crippen molar-refractivity contribution in [3.63, 3.8) is 0 Å². The van der Waals surface area contributed by atoms with Gasteiger partial charge in [-0.3, -0.25) is 9.59 Å². The number of carbonyl (C=O) groups is 2. The van der Waals surface area contributed by atoms with Crippen LogP contribution >= 0.6 is 0 Å². The van der Waals surface area contributed by atoms with Crippen LogP contribution in [0.15, 0.2) is 18.2 Å². The Bertz CT molecular complexity index is 562. The second-order valence-corrected chi connectivity index (χ2v) is 5.84. The van der Waals surface area contributed by atoms with Crippen molar-refractivity contribution in [2.24, 2.45) is 11.8 Å². The SMILES string of the molecule is COC(=O)[C@H](C)[C@@H](c1ccc(O)c(COC(C)=O)c1)C1CC1. The summed E-state index contributed by atoms with van der Waals surface area (Å²) in [6.07, 6.45) is 2.18. The smallest absolute Gasteiger partial charge is 0.309 e. The van der Waals surface area contributed by atoms with E-state index in [9.17, 15) is 14.7 Å². The summed E-state index contributed by atoms with van der Waals surface area (Å²) in [5.41, 5.74) is 1.52. The van der Waals surface area contributed by atoms with Crippen molar-refractivity contribution in [1.82, 2.24) is 0 Å². The van der Waals surface area contributed by atoms with Gasteiger partial charge in [0.1, 0.15) is 12.4 Å². The molecule has 0 radical (unpaired) electrons. The summed E-state index contributed by atoms with van der Waals surface area (Å²) in [5, 5.41) is 9.89. The van der Waals surface area contributed by atoms with Crippen LogP contribution in [0.4, 0.5) is 0 Å². The number of rotatable bonds is 6. The van der Waals surface area contributed by atoms with E-state index in [0.717, 1.165) is 18.4 Å². The summed E-state index contributed by atoms with van der Waals surface area (Å²) in [6.45, 7) is 3.22. The van der Waals surface area contributed by atoms with Crippen molar-refractivity contribution >= 4 is 11.9 Å². The first-order valence-electron chi connectivity index (χ1n) is 7.47. The Balaban J connectivity index is 2.26. The van der Waals surface area contributed by atoms with Gasteiger partial charge in [-0.2, -0.15) is 0 Å². The van der Waals surface area contributed by atoms with E-state index in [2.05, 4.69) is 0 Å². The molecule has 0 heterocycles. The molecule has 1 aliphatic rings. The number of esters is 2. The zero-order chi connectivity index (χ0) is 16.3. The predicted octanol–water partition coefficient (Wildman–Crippen LogP) is 2.76. The lowest BCUT2D eigenvalue weighted by Crippen LogP contribution is -2.22. The minimum atomic E-state index is -0.397. The molecule has 1 fully saturated rings. The summed E-state index contributed by atoms with van der Waals surface area (Å²) in [6, 6.07) is 5.24. The van der Waals surface area contributed by atoms with Gasteiger partial charge in [0.2, 0.25) is 0 Å². The van der Waals surface area contributed by atoms with Crippen molar-refractivity contribution in [2.45, 2.75) is 39.2 Å². The fourth-order valence-corrected chi connectivity index (χ4v) is 2.86. The highest BCUT2D eigenvalue weighted by Gasteiger charge is 2.39. The molecule has 0 aromatic heterocycles. The Morgan fingerprint density at radius 3 is 2.59 bits per heavy atom. The van der Waals surface area contributed by atoms with Gasteiger partial charge in [0.25, 0.3) is 0 Å². The average Bonchev–Trinajstić information content (AvgIpc) is 3.31. The van der Waals surface area contributed by atoms with Crippen molar-refractivity contribution in [2.75, 3.05) is 7.11 Å². The van der Waals surface area contributed by atoms with E-state index in [-0.39, 0.29) is 30.2 Å². The van der Waals surface area contributed by atoms with Gasteiger partial charge < -0.3 is 14.6 Å². The maximum atomic E-state index is 11.9. The molecule has 5 nitrogen and oxygen atoms in total. The Kier molecular flexibility index (Phi) is 5.06. The van der Waals surface area contributed by atoms with E-state index in [1.807, 2.05) is 19.1 Å². The van der Waals surface area contributed by atoms with E-state index in [1.54, 1.807) is 6.07 Å². The van der Waals surface area contributed by atoms with Crippen LogP contribution in [0.3, 0.4) is 0 Å². The number of phenolic OH excluding ortho intramolecular Hbond substituents is 1. The highest BCUT2D eigenvalue weighted by Crippen LogP contribution is 2.47. The zero-order valence-electron chi connectivity index (χ0n) is 13.2. The van der Waals surface area contributed by atoms with Crippen LogP contribution in [0.25, 0.3) is 0 Å². The average molecular weight is 306 g/mol. The first-order chi connectivity index (χ1) is 10.4. The standard InChI is InChI=1S/C17H22O5/c1-10(17(20)21-3)16(12-4-5-12)13-6-7-15(19)14(8-13)9-22-11(2)18/h6-8,10,12,16,19H,4-5,9H2,1-3H3/t10-,16-/m1/s1. The number of phenols is 1. The third kappa shape index (κ3) is 3.78. The van der Waals surface area contributed by atoms with E-state index >= 15 is 0 Å². The third-order valence-corrected chi connectivity index (χ3v) is 4.16. The molecule has 0 saturated heterocycles. The van der Waals surface area contributed by atoms with Crippen molar-refractivity contribution in [3.8, 4) is 5.75 Å². The van der Waals surface area contributed by atoms with Crippen LogP contribution in [0.5, 0.6) is 5.75 Å². The molecule has 0 amide bonds. The van der Waals surface area contributed by atoms with Crippen LogP contribution in [-0.4, -0.2) is 24.2 Å². The molecule has 0 bridgehead atoms. The minimum Gasteiger partial charge on any atom is -0.508 e. The fourth-order valence-electron chi connectivity index (χ4n) is 2.86. The third-order valence-electron chi connectivity index (χ3n) is 4.16. The van der Waals surface area contributed by atoms with Gasteiger partial charge in [0.05, 0.1) is 13.0 Å². The highest BCUT2D eigenvalue weighted by molar-refractivity contribution is 5.73. The van der Waals surface area contributed by atoms with Crippen molar-refractivity contribution in [3.05, 3.63) is 29.3 Å². The second-order valence-electron chi connectivity index (χ2n) is 5.84. The maximum absolute atomic E-state index is 11.9. The molecule has 2 atom stereocenters.